The van der Waals surface area contributed by atoms with E-state index in [-0.39, 0.29) is 0 Å². The molecule has 1 aliphatic rings. The van der Waals surface area contributed by atoms with Crippen molar-refractivity contribution in [3.8, 4) is 0 Å². The van der Waals surface area contributed by atoms with Gasteiger partial charge < -0.3 is 5.32 Å². The maximum absolute atomic E-state index is 4.43. The first-order valence-electron chi connectivity index (χ1n) is 5.50. The second-order valence-electron chi connectivity index (χ2n) is 4.12. The topological polar surface area (TPSA) is 24.9 Å². The first-order chi connectivity index (χ1) is 6.86. The summed E-state index contributed by atoms with van der Waals surface area (Å²) in [6.45, 7) is 3.32. The molecule has 0 spiro atoms. The number of hydrogen-bond donors (Lipinski definition) is 1. The van der Waals surface area contributed by atoms with E-state index in [1.54, 1.807) is 0 Å². The monoisotopic (exact) mass is 190 g/mol. The van der Waals surface area contributed by atoms with Gasteiger partial charge >= 0.3 is 0 Å². The summed E-state index contributed by atoms with van der Waals surface area (Å²) in [5.41, 5.74) is 2.58. The molecule has 76 valence electrons. The van der Waals surface area contributed by atoms with Crippen molar-refractivity contribution in [3.05, 3.63) is 29.6 Å². The van der Waals surface area contributed by atoms with Gasteiger partial charge in [-0.25, -0.2) is 0 Å². The van der Waals surface area contributed by atoms with Crippen LogP contribution in [0, 0.1) is 6.92 Å². The number of nitrogens with one attached hydrogen (secondary N) is 1. The first kappa shape index (κ1) is 9.66. The van der Waals surface area contributed by atoms with Crippen molar-refractivity contribution in [2.24, 2.45) is 0 Å². The molecule has 1 unspecified atom stereocenters. The van der Waals surface area contributed by atoms with Crippen molar-refractivity contribution in [1.29, 1.82) is 0 Å². The van der Waals surface area contributed by atoms with Crippen molar-refractivity contribution in [2.45, 2.75) is 38.6 Å². The molecule has 1 saturated heterocycles. The molecule has 2 heterocycles. The summed E-state index contributed by atoms with van der Waals surface area (Å²) < 4.78 is 0. The number of rotatable bonds is 2. The summed E-state index contributed by atoms with van der Waals surface area (Å²) >= 11 is 0. The molecule has 1 aromatic rings. The largest absolute Gasteiger partial charge is 0.314 e. The lowest BCUT2D eigenvalue weighted by Crippen LogP contribution is -2.35. The highest BCUT2D eigenvalue weighted by molar-refractivity contribution is 5.18. The van der Waals surface area contributed by atoms with Gasteiger partial charge in [0.25, 0.3) is 0 Å². The molecule has 1 atom stereocenters. The number of piperidine rings is 1. The van der Waals surface area contributed by atoms with Gasteiger partial charge in [0.2, 0.25) is 0 Å². The number of aromatic nitrogens is 1. The summed E-state index contributed by atoms with van der Waals surface area (Å²) in [7, 11) is 0. The molecule has 2 nitrogen and oxygen atoms in total. The van der Waals surface area contributed by atoms with Crippen molar-refractivity contribution in [2.75, 3.05) is 6.54 Å². The zero-order valence-corrected chi connectivity index (χ0v) is 8.79. The lowest BCUT2D eigenvalue weighted by Gasteiger charge is -2.23. The molecule has 0 radical (unpaired) electrons. The van der Waals surface area contributed by atoms with Gasteiger partial charge in [-0.3, -0.25) is 4.98 Å². The van der Waals surface area contributed by atoms with E-state index < -0.39 is 0 Å². The van der Waals surface area contributed by atoms with Crippen LogP contribution in [-0.4, -0.2) is 17.6 Å². The highest BCUT2D eigenvalue weighted by Gasteiger charge is 2.14. The molecule has 1 fully saturated rings. The SMILES string of the molecule is Cc1cccnc1CC1CCCCN1. The van der Waals surface area contributed by atoms with Crippen LogP contribution in [0.1, 0.15) is 30.5 Å². The van der Waals surface area contributed by atoms with Gasteiger partial charge in [-0.1, -0.05) is 12.5 Å². The Labute approximate surface area is 85.7 Å². The van der Waals surface area contributed by atoms with E-state index >= 15 is 0 Å². The molecule has 1 aromatic heterocycles. The van der Waals surface area contributed by atoms with Crippen LogP contribution in [0.2, 0.25) is 0 Å². The minimum Gasteiger partial charge on any atom is -0.314 e. The summed E-state index contributed by atoms with van der Waals surface area (Å²) in [6.07, 6.45) is 6.98. The molecule has 1 aliphatic heterocycles. The third-order valence-corrected chi connectivity index (χ3v) is 2.97. The molecule has 0 bridgehead atoms. The Morgan fingerprint density at radius 1 is 1.50 bits per heavy atom. The van der Waals surface area contributed by atoms with Crippen LogP contribution in [0.5, 0.6) is 0 Å². The molecule has 1 N–H and O–H groups in total. The van der Waals surface area contributed by atoms with Crippen LogP contribution in [0.25, 0.3) is 0 Å². The fraction of sp³-hybridized carbons (Fsp3) is 0.583. The van der Waals surface area contributed by atoms with Crippen LogP contribution in [0.15, 0.2) is 18.3 Å². The Morgan fingerprint density at radius 2 is 2.43 bits per heavy atom. The fourth-order valence-corrected chi connectivity index (χ4v) is 2.06. The summed E-state index contributed by atoms with van der Waals surface area (Å²) in [5, 5.41) is 3.55. The maximum Gasteiger partial charge on any atom is 0.0448 e. The summed E-state index contributed by atoms with van der Waals surface area (Å²) in [4.78, 5) is 4.43. The van der Waals surface area contributed by atoms with E-state index in [4.69, 9.17) is 0 Å². The van der Waals surface area contributed by atoms with Crippen LogP contribution in [-0.2, 0) is 6.42 Å². The van der Waals surface area contributed by atoms with Gasteiger partial charge in [0.15, 0.2) is 0 Å². The maximum atomic E-state index is 4.43. The molecular formula is C12H18N2. The predicted octanol–water partition coefficient (Wildman–Crippen LogP) is 2.07. The van der Waals surface area contributed by atoms with Gasteiger partial charge in [0, 0.05) is 24.4 Å². The average molecular weight is 190 g/mol. The van der Waals surface area contributed by atoms with Crippen LogP contribution in [0.4, 0.5) is 0 Å². The van der Waals surface area contributed by atoms with E-state index in [1.807, 2.05) is 12.3 Å². The Morgan fingerprint density at radius 3 is 3.14 bits per heavy atom. The zero-order chi connectivity index (χ0) is 9.80. The molecule has 2 rings (SSSR count). The van der Waals surface area contributed by atoms with Gasteiger partial charge in [-0.05, 0) is 37.9 Å². The molecule has 0 aliphatic carbocycles. The number of aryl methyl sites for hydroxylation is 1. The van der Waals surface area contributed by atoms with Gasteiger partial charge in [0.1, 0.15) is 0 Å². The summed E-state index contributed by atoms with van der Waals surface area (Å²) in [6, 6.07) is 4.80. The van der Waals surface area contributed by atoms with Gasteiger partial charge in [-0.15, -0.1) is 0 Å². The minimum atomic E-state index is 0.650. The standard InChI is InChI=1S/C12H18N2/c1-10-5-4-8-14-12(10)9-11-6-2-3-7-13-11/h4-5,8,11,13H,2-3,6-7,9H2,1H3. The smallest absolute Gasteiger partial charge is 0.0448 e. The van der Waals surface area contributed by atoms with Crippen LogP contribution in [0.3, 0.4) is 0 Å². The van der Waals surface area contributed by atoms with Crippen molar-refractivity contribution in [3.63, 3.8) is 0 Å². The van der Waals surface area contributed by atoms with Crippen molar-refractivity contribution >= 4 is 0 Å². The quantitative estimate of drug-likeness (QED) is 0.772. The number of pyridine rings is 1. The first-order valence-corrected chi connectivity index (χ1v) is 5.50. The lowest BCUT2D eigenvalue weighted by molar-refractivity contribution is 0.396. The molecule has 14 heavy (non-hydrogen) atoms. The third kappa shape index (κ3) is 2.32. The van der Waals surface area contributed by atoms with E-state index in [9.17, 15) is 0 Å². The van der Waals surface area contributed by atoms with Gasteiger partial charge in [0.05, 0.1) is 0 Å². The third-order valence-electron chi connectivity index (χ3n) is 2.97. The van der Waals surface area contributed by atoms with Crippen LogP contribution >= 0.6 is 0 Å². The van der Waals surface area contributed by atoms with E-state index in [1.165, 1.54) is 37.1 Å². The van der Waals surface area contributed by atoms with Crippen molar-refractivity contribution < 1.29 is 0 Å². The Bertz CT molecular complexity index is 290. The highest BCUT2D eigenvalue weighted by Crippen LogP contribution is 2.13. The zero-order valence-electron chi connectivity index (χ0n) is 8.79. The minimum absolute atomic E-state index is 0.650. The second kappa shape index (κ2) is 4.56. The second-order valence-corrected chi connectivity index (χ2v) is 4.12. The Hall–Kier alpha value is -0.890. The van der Waals surface area contributed by atoms with Crippen molar-refractivity contribution in [1.82, 2.24) is 10.3 Å². The highest BCUT2D eigenvalue weighted by atomic mass is 14.9. The Balaban J connectivity index is 1.99. The number of hydrogen-bond acceptors (Lipinski definition) is 2. The van der Waals surface area contributed by atoms with E-state index in [0.29, 0.717) is 6.04 Å². The predicted molar refractivity (Wildman–Crippen MR) is 58.3 cm³/mol. The average Bonchev–Trinajstić information content (AvgIpc) is 2.23. The molecule has 2 heteroatoms. The summed E-state index contributed by atoms with van der Waals surface area (Å²) in [5.74, 6) is 0. The molecular weight excluding hydrogens is 172 g/mol. The van der Waals surface area contributed by atoms with E-state index in [2.05, 4.69) is 23.3 Å². The fourth-order valence-electron chi connectivity index (χ4n) is 2.06. The normalized spacial score (nSPS) is 22.2. The van der Waals surface area contributed by atoms with E-state index in [0.717, 1.165) is 6.42 Å². The number of nitrogens with zero attached hydrogens (tertiary/aromatic N) is 1. The molecule has 0 amide bonds. The molecule has 0 aromatic carbocycles. The molecule has 0 saturated carbocycles. The lowest BCUT2D eigenvalue weighted by atomic mass is 9.99. The van der Waals surface area contributed by atoms with Gasteiger partial charge in [-0.2, -0.15) is 0 Å². The Kier molecular flexibility index (Phi) is 3.14. The van der Waals surface area contributed by atoms with Crippen LogP contribution < -0.4 is 5.32 Å².